The Bertz CT molecular complexity index is 307. The van der Waals surface area contributed by atoms with Crippen molar-refractivity contribution in [1.82, 2.24) is 0 Å². The molecule has 7 N–H and O–H groups in total. The fourth-order valence-electron chi connectivity index (χ4n) is 0.697. The van der Waals surface area contributed by atoms with Crippen molar-refractivity contribution in [3.05, 3.63) is 0 Å². The fourth-order valence-corrected chi connectivity index (χ4v) is 0.697. The maximum atomic E-state index is 10.6. The van der Waals surface area contributed by atoms with Crippen molar-refractivity contribution in [3.8, 4) is 0 Å². The molecule has 0 radical (unpaired) electrons. The molecule has 0 amide bonds. The molecule has 0 aromatic carbocycles. The number of Topliss-reactive ketones (excluding diaryl/α,β-unsaturated/α-hetero) is 1. The average molecular weight is 284 g/mol. The van der Waals surface area contributed by atoms with Crippen LogP contribution in [0, 0.1) is 0 Å². The number of aliphatic hydroxyl groups excluding tert-OH is 4. The van der Waals surface area contributed by atoms with Crippen LogP contribution >= 0.6 is 0 Å². The highest BCUT2D eigenvalue weighted by Gasteiger charge is 2.52. The van der Waals surface area contributed by atoms with Gasteiger partial charge in [0, 0.05) is 0 Å². The zero-order chi connectivity index (χ0) is 15.8. The van der Waals surface area contributed by atoms with E-state index in [4.69, 9.17) is 35.7 Å². The monoisotopic (exact) mass is 284 g/mol. The molecule has 112 valence electrons. The maximum Gasteiger partial charge on any atom is 0.347 e. The summed E-state index contributed by atoms with van der Waals surface area (Å²) in [6.45, 7) is -0.0622. The Hall–Kier alpha value is -1.59. The molecule has 19 heavy (non-hydrogen) atoms. The van der Waals surface area contributed by atoms with Crippen LogP contribution in [0.3, 0.4) is 0 Å². The predicted molar refractivity (Wildman–Crippen MR) is 57.1 cm³/mol. The summed E-state index contributed by atoms with van der Waals surface area (Å²) in [6, 6.07) is 0. The second-order valence-corrected chi connectivity index (χ2v) is 3.39. The van der Waals surface area contributed by atoms with E-state index in [1.807, 2.05) is 0 Å². The molecule has 0 aromatic rings. The van der Waals surface area contributed by atoms with Crippen LogP contribution in [0.5, 0.6) is 0 Å². The summed E-state index contributed by atoms with van der Waals surface area (Å²) in [5.74, 6) is -5.44. The third kappa shape index (κ3) is 5.72. The Morgan fingerprint density at radius 2 is 1.42 bits per heavy atom. The minimum absolute atomic E-state index is 0.365. The topological polar surface area (TPSA) is 193 Å². The number of aliphatic hydroxyl groups is 5. The molecule has 0 aromatic heterocycles. The van der Waals surface area contributed by atoms with Crippen LogP contribution in [-0.4, -0.2) is 84.5 Å². The Kier molecular flexibility index (Phi) is 8.83. The van der Waals surface area contributed by atoms with E-state index in [2.05, 4.69) is 0 Å². The van der Waals surface area contributed by atoms with Gasteiger partial charge < -0.3 is 35.7 Å². The van der Waals surface area contributed by atoms with Gasteiger partial charge in [-0.05, 0) is 6.92 Å². The molecule has 0 spiro atoms. The second kappa shape index (κ2) is 8.50. The van der Waals surface area contributed by atoms with E-state index in [9.17, 15) is 14.4 Å². The summed E-state index contributed by atoms with van der Waals surface area (Å²) in [4.78, 5) is 31.0. The van der Waals surface area contributed by atoms with Crippen molar-refractivity contribution in [2.24, 2.45) is 0 Å². The van der Waals surface area contributed by atoms with Crippen LogP contribution in [0.2, 0.25) is 0 Å². The van der Waals surface area contributed by atoms with Gasteiger partial charge in [-0.3, -0.25) is 4.79 Å². The SMILES string of the molecule is CC(=O)C(O)(C(=O)O)C(O)C(=O)O.OCC(O)CO. The first-order valence-electron chi connectivity index (χ1n) is 4.83. The highest BCUT2D eigenvalue weighted by molar-refractivity contribution is 6.09. The van der Waals surface area contributed by atoms with Gasteiger partial charge in [-0.1, -0.05) is 0 Å². The minimum Gasteiger partial charge on any atom is -0.479 e. The van der Waals surface area contributed by atoms with E-state index in [1.165, 1.54) is 0 Å². The summed E-state index contributed by atoms with van der Waals surface area (Å²) < 4.78 is 0. The van der Waals surface area contributed by atoms with Crippen molar-refractivity contribution < 1.29 is 50.1 Å². The van der Waals surface area contributed by atoms with E-state index in [-0.39, 0.29) is 13.2 Å². The summed E-state index contributed by atoms with van der Waals surface area (Å²) in [6.07, 6.45) is -3.63. The molecule has 10 heteroatoms. The standard InChI is InChI=1S/C6H8O7.C3H8O3/c1-2(7)6(13,5(11)12)3(8)4(9)10;4-1-3(6)2-5/h3,8,13H,1H3,(H,9,10)(H,11,12);3-6H,1-2H2. The molecule has 0 heterocycles. The number of hydrogen-bond donors (Lipinski definition) is 7. The van der Waals surface area contributed by atoms with Gasteiger partial charge in [-0.2, -0.15) is 0 Å². The number of rotatable bonds is 6. The summed E-state index contributed by atoms with van der Waals surface area (Å²) >= 11 is 0. The molecular weight excluding hydrogens is 268 g/mol. The summed E-state index contributed by atoms with van der Waals surface area (Å²) in [5.41, 5.74) is -3.29. The van der Waals surface area contributed by atoms with Crippen LogP contribution < -0.4 is 0 Å². The van der Waals surface area contributed by atoms with Gasteiger partial charge in [0.2, 0.25) is 0 Å². The zero-order valence-electron chi connectivity index (χ0n) is 9.92. The molecule has 0 fully saturated rings. The highest BCUT2D eigenvalue weighted by Crippen LogP contribution is 2.13. The number of ketones is 1. The summed E-state index contributed by atoms with van der Waals surface area (Å²) in [7, 11) is 0. The number of carbonyl (C=O) groups excluding carboxylic acids is 1. The molecule has 10 nitrogen and oxygen atoms in total. The van der Waals surface area contributed by atoms with Crippen LogP contribution in [0.25, 0.3) is 0 Å². The first-order valence-corrected chi connectivity index (χ1v) is 4.83. The van der Waals surface area contributed by atoms with E-state index < -0.39 is 35.5 Å². The molecule has 2 atom stereocenters. The lowest BCUT2D eigenvalue weighted by atomic mass is 9.92. The van der Waals surface area contributed by atoms with Crippen LogP contribution in [0.15, 0.2) is 0 Å². The molecular formula is C9H16O10. The maximum absolute atomic E-state index is 10.6. The number of carbonyl (C=O) groups is 3. The number of carboxylic acids is 2. The van der Waals surface area contributed by atoms with Crippen LogP contribution in [0.4, 0.5) is 0 Å². The Morgan fingerprint density at radius 1 is 1.05 bits per heavy atom. The lowest BCUT2D eigenvalue weighted by Crippen LogP contribution is -2.58. The van der Waals surface area contributed by atoms with Crippen LogP contribution in [0.1, 0.15) is 6.92 Å². The fraction of sp³-hybridized carbons (Fsp3) is 0.667. The highest BCUT2D eigenvalue weighted by atomic mass is 16.4. The first kappa shape index (κ1) is 19.7. The molecule has 0 saturated carbocycles. The van der Waals surface area contributed by atoms with Gasteiger partial charge in [0.05, 0.1) is 13.2 Å². The van der Waals surface area contributed by atoms with Gasteiger partial charge in [-0.25, -0.2) is 9.59 Å². The molecule has 0 saturated heterocycles. The largest absolute Gasteiger partial charge is 0.479 e. The van der Waals surface area contributed by atoms with Crippen molar-refractivity contribution in [1.29, 1.82) is 0 Å². The Balaban J connectivity index is 0. The Morgan fingerprint density at radius 3 is 1.47 bits per heavy atom. The lowest BCUT2D eigenvalue weighted by molar-refractivity contribution is -0.185. The normalized spacial score (nSPS) is 14.9. The van der Waals surface area contributed by atoms with Gasteiger partial charge in [0.25, 0.3) is 5.60 Å². The van der Waals surface area contributed by atoms with Gasteiger partial charge in [0.1, 0.15) is 6.10 Å². The smallest absolute Gasteiger partial charge is 0.347 e. The molecule has 0 aliphatic carbocycles. The third-order valence-electron chi connectivity index (χ3n) is 1.91. The number of hydrogen-bond acceptors (Lipinski definition) is 8. The van der Waals surface area contributed by atoms with Gasteiger partial charge >= 0.3 is 11.9 Å². The quantitative estimate of drug-likeness (QED) is 0.237. The van der Waals surface area contributed by atoms with Crippen molar-refractivity contribution >= 4 is 17.7 Å². The number of aliphatic carboxylic acids is 2. The molecule has 0 rings (SSSR count). The van der Waals surface area contributed by atoms with Gasteiger partial charge in [-0.15, -0.1) is 0 Å². The van der Waals surface area contributed by atoms with E-state index >= 15 is 0 Å². The van der Waals surface area contributed by atoms with Crippen LogP contribution in [-0.2, 0) is 14.4 Å². The van der Waals surface area contributed by atoms with E-state index in [0.717, 1.165) is 0 Å². The van der Waals surface area contributed by atoms with Crippen molar-refractivity contribution in [2.45, 2.75) is 24.7 Å². The minimum atomic E-state index is -3.29. The van der Waals surface area contributed by atoms with Gasteiger partial charge in [0.15, 0.2) is 11.9 Å². The summed E-state index contributed by atoms with van der Waals surface area (Å²) in [5, 5.41) is 58.3. The van der Waals surface area contributed by atoms with Crippen molar-refractivity contribution in [3.63, 3.8) is 0 Å². The lowest BCUT2D eigenvalue weighted by Gasteiger charge is -2.22. The third-order valence-corrected chi connectivity index (χ3v) is 1.91. The molecule has 0 aliphatic heterocycles. The molecule has 0 bridgehead atoms. The number of carboxylic acid groups (broad SMARTS) is 2. The first-order chi connectivity index (χ1) is 8.55. The average Bonchev–Trinajstić information content (AvgIpc) is 2.35. The Labute approximate surface area is 107 Å². The molecule has 2 unspecified atom stereocenters. The predicted octanol–water partition coefficient (Wildman–Crippen LogP) is -3.83. The van der Waals surface area contributed by atoms with E-state index in [1.54, 1.807) is 0 Å². The van der Waals surface area contributed by atoms with E-state index in [0.29, 0.717) is 6.92 Å². The molecule has 0 aliphatic rings. The van der Waals surface area contributed by atoms with Crippen molar-refractivity contribution in [2.75, 3.05) is 13.2 Å². The second-order valence-electron chi connectivity index (χ2n) is 3.39. The zero-order valence-corrected chi connectivity index (χ0v) is 9.92.